The van der Waals surface area contributed by atoms with Gasteiger partial charge in [0.1, 0.15) is 6.10 Å². The van der Waals surface area contributed by atoms with Crippen LogP contribution < -0.4 is 0 Å². The summed E-state index contributed by atoms with van der Waals surface area (Å²) < 4.78 is 27.5. The lowest BCUT2D eigenvalue weighted by Gasteiger charge is -2.19. The second kappa shape index (κ2) is 13.1. The monoisotopic (exact) mass is 294 g/mol. The normalized spacial score (nSPS) is 23.5. The van der Waals surface area contributed by atoms with Crippen LogP contribution in [0.25, 0.3) is 0 Å². The van der Waals surface area contributed by atoms with Crippen molar-refractivity contribution < 1.29 is 23.7 Å². The Morgan fingerprint density at radius 2 is 1.58 bits per heavy atom. The van der Waals surface area contributed by atoms with Gasteiger partial charge in [-0.2, -0.15) is 12.6 Å². The molecular formula is C13H26O5S. The number of hydrogen-bond acceptors (Lipinski definition) is 6. The summed E-state index contributed by atoms with van der Waals surface area (Å²) in [6.07, 6.45) is 2.09. The molecule has 0 aromatic rings. The molecular weight excluding hydrogens is 268 g/mol. The van der Waals surface area contributed by atoms with Gasteiger partial charge in [-0.05, 0) is 18.6 Å². The van der Waals surface area contributed by atoms with Gasteiger partial charge in [-0.3, -0.25) is 0 Å². The first-order chi connectivity index (χ1) is 9.43. The Kier molecular flexibility index (Phi) is 11.9. The van der Waals surface area contributed by atoms with Crippen molar-refractivity contribution in [1.29, 1.82) is 0 Å². The van der Waals surface area contributed by atoms with Crippen LogP contribution in [0.5, 0.6) is 0 Å². The molecule has 0 saturated carbocycles. The van der Waals surface area contributed by atoms with Crippen molar-refractivity contribution in [1.82, 2.24) is 0 Å². The van der Waals surface area contributed by atoms with Gasteiger partial charge in [0.25, 0.3) is 0 Å². The Hall–Kier alpha value is 0.150. The van der Waals surface area contributed by atoms with Gasteiger partial charge in [-0.25, -0.2) is 0 Å². The van der Waals surface area contributed by atoms with Gasteiger partial charge in [0.05, 0.1) is 52.9 Å². The van der Waals surface area contributed by atoms with Gasteiger partial charge >= 0.3 is 0 Å². The topological polar surface area (TPSA) is 46.2 Å². The van der Waals surface area contributed by atoms with Crippen LogP contribution in [0, 0.1) is 0 Å². The minimum Gasteiger partial charge on any atom is -0.379 e. The van der Waals surface area contributed by atoms with Crippen LogP contribution >= 0.6 is 12.6 Å². The van der Waals surface area contributed by atoms with Crippen molar-refractivity contribution in [2.45, 2.75) is 18.9 Å². The highest BCUT2D eigenvalue weighted by Crippen LogP contribution is 1.99. The molecule has 19 heavy (non-hydrogen) atoms. The van der Waals surface area contributed by atoms with Gasteiger partial charge < -0.3 is 23.7 Å². The number of unbranched alkanes of at least 4 members (excludes halogenated alkanes) is 1. The van der Waals surface area contributed by atoms with Gasteiger partial charge in [0, 0.05) is 6.61 Å². The Morgan fingerprint density at radius 1 is 0.895 bits per heavy atom. The molecule has 5 nitrogen and oxygen atoms in total. The third kappa shape index (κ3) is 10.6. The fourth-order valence-corrected chi connectivity index (χ4v) is 1.83. The van der Waals surface area contributed by atoms with Crippen molar-refractivity contribution >= 4 is 12.6 Å². The number of ether oxygens (including phenoxy) is 5. The molecule has 0 aromatic heterocycles. The minimum absolute atomic E-state index is 0.0287. The average Bonchev–Trinajstić information content (AvgIpc) is 2.41. The van der Waals surface area contributed by atoms with Gasteiger partial charge in [-0.15, -0.1) is 0 Å². The molecule has 0 radical (unpaired) electrons. The summed E-state index contributed by atoms with van der Waals surface area (Å²) in [4.78, 5) is 0. The molecule has 0 bridgehead atoms. The maximum atomic E-state index is 5.69. The van der Waals surface area contributed by atoms with Crippen LogP contribution in [0.2, 0.25) is 0 Å². The first-order valence-corrected chi connectivity index (χ1v) is 7.60. The van der Waals surface area contributed by atoms with E-state index in [1.807, 2.05) is 0 Å². The third-order valence-electron chi connectivity index (χ3n) is 2.63. The summed E-state index contributed by atoms with van der Waals surface area (Å²) in [5, 5.41) is 0. The van der Waals surface area contributed by atoms with Crippen molar-refractivity contribution in [3.05, 3.63) is 0 Å². The van der Waals surface area contributed by atoms with E-state index in [0.717, 1.165) is 25.2 Å². The zero-order chi connectivity index (χ0) is 13.6. The number of rotatable bonds is 6. The Morgan fingerprint density at radius 3 is 2.32 bits per heavy atom. The summed E-state index contributed by atoms with van der Waals surface area (Å²) >= 11 is 4.17. The highest BCUT2D eigenvalue weighted by Gasteiger charge is 2.10. The van der Waals surface area contributed by atoms with E-state index in [-0.39, 0.29) is 6.10 Å². The molecule has 1 fully saturated rings. The van der Waals surface area contributed by atoms with Crippen molar-refractivity contribution in [3.63, 3.8) is 0 Å². The first-order valence-electron chi connectivity index (χ1n) is 6.97. The van der Waals surface area contributed by atoms with Gasteiger partial charge in [0.15, 0.2) is 0 Å². The molecule has 1 aliphatic rings. The van der Waals surface area contributed by atoms with E-state index in [0.29, 0.717) is 52.9 Å². The van der Waals surface area contributed by atoms with Crippen LogP contribution in [0.4, 0.5) is 0 Å². The Labute approximate surface area is 121 Å². The van der Waals surface area contributed by atoms with E-state index in [9.17, 15) is 0 Å². The lowest BCUT2D eigenvalue weighted by molar-refractivity contribution is -0.0903. The summed E-state index contributed by atoms with van der Waals surface area (Å²) in [5.41, 5.74) is 0. The molecule has 0 amide bonds. The first kappa shape index (κ1) is 17.2. The molecule has 1 unspecified atom stereocenters. The fraction of sp³-hybridized carbons (Fsp3) is 1.00. The molecule has 1 saturated heterocycles. The van der Waals surface area contributed by atoms with Crippen LogP contribution in [-0.4, -0.2) is 71.3 Å². The second-order valence-corrected chi connectivity index (χ2v) is 4.75. The van der Waals surface area contributed by atoms with E-state index in [2.05, 4.69) is 12.6 Å². The minimum atomic E-state index is -0.0287. The average molecular weight is 294 g/mol. The fourth-order valence-electron chi connectivity index (χ4n) is 1.60. The van der Waals surface area contributed by atoms with Crippen LogP contribution in [0.3, 0.4) is 0 Å². The van der Waals surface area contributed by atoms with E-state index < -0.39 is 0 Å². The van der Waals surface area contributed by atoms with Crippen LogP contribution in [-0.2, 0) is 23.7 Å². The zero-order valence-electron chi connectivity index (χ0n) is 11.6. The molecule has 1 heterocycles. The van der Waals surface area contributed by atoms with Crippen molar-refractivity contribution in [3.8, 4) is 0 Å². The van der Waals surface area contributed by atoms with Crippen molar-refractivity contribution in [2.75, 3.05) is 65.2 Å². The maximum Gasteiger partial charge on any atom is 0.104 e. The largest absolute Gasteiger partial charge is 0.379 e. The van der Waals surface area contributed by atoms with E-state index in [1.54, 1.807) is 0 Å². The lowest BCUT2D eigenvalue weighted by atomic mass is 10.3. The lowest BCUT2D eigenvalue weighted by Crippen LogP contribution is -2.29. The van der Waals surface area contributed by atoms with Crippen LogP contribution in [0.15, 0.2) is 0 Å². The summed E-state index contributed by atoms with van der Waals surface area (Å²) in [6.45, 7) is 5.39. The molecule has 0 aliphatic carbocycles. The quantitative estimate of drug-likeness (QED) is 0.588. The molecule has 1 aliphatic heterocycles. The van der Waals surface area contributed by atoms with Crippen molar-refractivity contribution in [2.24, 2.45) is 0 Å². The Balaban J connectivity index is 2.11. The molecule has 6 heteroatoms. The standard InChI is InChI=1S/C13H26O5S/c19-10-2-1-3-16-11-13-12-17-7-6-14-4-5-15-8-9-18-13/h13,19H,1-12H2. The zero-order valence-corrected chi connectivity index (χ0v) is 12.4. The summed E-state index contributed by atoms with van der Waals surface area (Å²) in [7, 11) is 0. The number of hydrogen-bond donors (Lipinski definition) is 1. The van der Waals surface area contributed by atoms with E-state index in [1.165, 1.54) is 0 Å². The SMILES string of the molecule is SCCCCOCC1COCCOCCOCCO1. The molecule has 1 rings (SSSR count). The molecule has 0 N–H and O–H groups in total. The summed E-state index contributed by atoms with van der Waals surface area (Å²) in [6, 6.07) is 0. The highest BCUT2D eigenvalue weighted by atomic mass is 32.1. The smallest absolute Gasteiger partial charge is 0.104 e. The van der Waals surface area contributed by atoms with Gasteiger partial charge in [0.2, 0.25) is 0 Å². The molecule has 0 aromatic carbocycles. The third-order valence-corrected chi connectivity index (χ3v) is 2.95. The van der Waals surface area contributed by atoms with E-state index in [4.69, 9.17) is 23.7 Å². The predicted molar refractivity (Wildman–Crippen MR) is 76.1 cm³/mol. The Bertz CT molecular complexity index is 182. The predicted octanol–water partition coefficient (Wildman–Crippen LogP) is 1.16. The summed E-state index contributed by atoms with van der Waals surface area (Å²) in [5.74, 6) is 0.906. The van der Waals surface area contributed by atoms with E-state index >= 15 is 0 Å². The maximum absolute atomic E-state index is 5.69. The van der Waals surface area contributed by atoms with Gasteiger partial charge in [-0.1, -0.05) is 0 Å². The molecule has 114 valence electrons. The highest BCUT2D eigenvalue weighted by molar-refractivity contribution is 7.80. The molecule has 1 atom stereocenters. The van der Waals surface area contributed by atoms with Crippen LogP contribution in [0.1, 0.15) is 12.8 Å². The molecule has 0 spiro atoms. The second-order valence-electron chi connectivity index (χ2n) is 4.30. The number of thiol groups is 1.